The van der Waals surface area contributed by atoms with E-state index in [1.54, 1.807) is 0 Å². The lowest BCUT2D eigenvalue weighted by Gasteiger charge is -2.48. The Hall–Kier alpha value is -4.18. The summed E-state index contributed by atoms with van der Waals surface area (Å²) < 4.78 is 6.42. The molecule has 3 aromatic rings. The molecule has 44 heavy (non-hydrogen) atoms. The zero-order valence-electron chi connectivity index (χ0n) is 26.9. The minimum absolute atomic E-state index is 0.0984. The van der Waals surface area contributed by atoms with Crippen molar-refractivity contribution in [2.75, 3.05) is 18.0 Å². The van der Waals surface area contributed by atoms with Gasteiger partial charge < -0.3 is 9.64 Å². The molecule has 3 aromatic carbocycles. The van der Waals surface area contributed by atoms with Crippen LogP contribution in [0.1, 0.15) is 98.7 Å². The summed E-state index contributed by atoms with van der Waals surface area (Å²) in [4.78, 5) is 30.1. The standard InChI is InChI=1S/C40H41NO3/c1-38(2,3)33-23-27(34-36(42)29-21-25-10-8-9-11-26(25)22-30(29)37(34)43)20-28(44-33)13-12-24-18-31-35-32(19-24)40(6,7)15-17-41(35)16-14-39(31,4)5/h8-13,18-23H,14-17H2,1-7H3. The molecule has 0 N–H and O–H groups in total. The highest BCUT2D eigenvalue weighted by Gasteiger charge is 2.40. The molecule has 4 aliphatic rings. The van der Waals surface area contributed by atoms with Crippen molar-refractivity contribution in [3.8, 4) is 0 Å². The normalized spacial score (nSPS) is 20.5. The van der Waals surface area contributed by atoms with Gasteiger partial charge in [0.2, 0.25) is 0 Å². The average Bonchev–Trinajstić information content (AvgIpc) is 3.21. The van der Waals surface area contributed by atoms with Crippen molar-refractivity contribution in [2.24, 2.45) is 5.41 Å². The zero-order chi connectivity index (χ0) is 31.2. The summed E-state index contributed by atoms with van der Waals surface area (Å²) in [6.45, 7) is 17.9. The number of nitrogens with zero attached hydrogens (tertiary/aromatic N) is 1. The molecule has 0 fully saturated rings. The number of carbonyl (C=O) groups excluding carboxylic acids is 2. The predicted molar refractivity (Wildman–Crippen MR) is 179 cm³/mol. The average molecular weight is 584 g/mol. The fourth-order valence-corrected chi connectivity index (χ4v) is 7.11. The quantitative estimate of drug-likeness (QED) is 0.223. The van der Waals surface area contributed by atoms with Gasteiger partial charge in [0.15, 0.2) is 11.6 Å². The van der Waals surface area contributed by atoms with Crippen LogP contribution in [-0.2, 0) is 15.6 Å². The largest absolute Gasteiger partial charge is 0.461 e. The van der Waals surface area contributed by atoms with Crippen molar-refractivity contribution < 1.29 is 14.3 Å². The van der Waals surface area contributed by atoms with Gasteiger partial charge in [-0.1, -0.05) is 78.8 Å². The van der Waals surface area contributed by atoms with Gasteiger partial charge in [0, 0.05) is 35.3 Å². The summed E-state index contributed by atoms with van der Waals surface area (Å²) in [7, 11) is 0. The zero-order valence-corrected chi connectivity index (χ0v) is 26.9. The van der Waals surface area contributed by atoms with Gasteiger partial charge in [-0.2, -0.15) is 0 Å². The summed E-state index contributed by atoms with van der Waals surface area (Å²) >= 11 is 0. The number of hydrogen-bond donors (Lipinski definition) is 0. The number of rotatable bonds is 2. The number of allylic oxidation sites excluding steroid dienone is 6. The van der Waals surface area contributed by atoms with E-state index in [-0.39, 0.29) is 33.4 Å². The number of ketones is 2. The molecule has 7 rings (SSSR count). The fourth-order valence-electron chi connectivity index (χ4n) is 7.11. The minimum Gasteiger partial charge on any atom is -0.461 e. The van der Waals surface area contributed by atoms with Crippen molar-refractivity contribution in [3.05, 3.63) is 117 Å². The molecule has 1 aliphatic carbocycles. The van der Waals surface area contributed by atoms with E-state index in [1.165, 1.54) is 16.8 Å². The third-order valence-corrected chi connectivity index (χ3v) is 10.0. The Bertz CT molecular complexity index is 1810. The Labute approximate surface area is 260 Å². The van der Waals surface area contributed by atoms with Crippen molar-refractivity contribution in [3.63, 3.8) is 0 Å². The summed E-state index contributed by atoms with van der Waals surface area (Å²) in [6.07, 6.45) is 10.1. The molecular weight excluding hydrogens is 542 g/mol. The Balaban J connectivity index is 1.32. The summed E-state index contributed by atoms with van der Waals surface area (Å²) in [5.41, 5.74) is 7.04. The van der Waals surface area contributed by atoms with E-state index >= 15 is 0 Å². The lowest BCUT2D eigenvalue weighted by atomic mass is 9.69. The van der Waals surface area contributed by atoms with Crippen LogP contribution in [0.25, 0.3) is 16.8 Å². The smallest absolute Gasteiger partial charge is 0.198 e. The predicted octanol–water partition coefficient (Wildman–Crippen LogP) is 9.24. The molecule has 0 bridgehead atoms. The maximum atomic E-state index is 13.8. The van der Waals surface area contributed by atoms with Crippen LogP contribution < -0.4 is 4.90 Å². The van der Waals surface area contributed by atoms with E-state index in [2.05, 4.69) is 71.6 Å². The first kappa shape index (κ1) is 28.6. The molecule has 4 heteroatoms. The summed E-state index contributed by atoms with van der Waals surface area (Å²) in [5.74, 6) is 0.898. The third kappa shape index (κ3) is 4.58. The van der Waals surface area contributed by atoms with Gasteiger partial charge in [-0.15, -0.1) is 0 Å². The van der Waals surface area contributed by atoms with E-state index in [0.29, 0.717) is 22.5 Å². The molecule has 0 spiro atoms. The molecule has 3 heterocycles. The van der Waals surface area contributed by atoms with E-state index < -0.39 is 0 Å². The van der Waals surface area contributed by atoms with E-state index in [1.807, 2.05) is 54.6 Å². The number of fused-ring (bicyclic) bond motifs is 2. The van der Waals surface area contributed by atoms with Gasteiger partial charge in [0.25, 0.3) is 0 Å². The second-order valence-corrected chi connectivity index (χ2v) is 15.2. The van der Waals surface area contributed by atoms with Crippen LogP contribution in [0.15, 0.2) is 89.4 Å². The topological polar surface area (TPSA) is 46.6 Å². The molecule has 4 nitrogen and oxygen atoms in total. The molecule has 0 saturated heterocycles. The first-order valence-electron chi connectivity index (χ1n) is 15.8. The van der Waals surface area contributed by atoms with Gasteiger partial charge in [-0.3, -0.25) is 9.59 Å². The van der Waals surface area contributed by atoms with Crippen LogP contribution in [-0.4, -0.2) is 24.7 Å². The highest BCUT2D eigenvalue weighted by atomic mass is 16.5. The molecule has 224 valence electrons. The summed E-state index contributed by atoms with van der Waals surface area (Å²) in [6, 6.07) is 16.2. The van der Waals surface area contributed by atoms with Crippen molar-refractivity contribution in [1.82, 2.24) is 0 Å². The Morgan fingerprint density at radius 3 is 1.84 bits per heavy atom. The van der Waals surface area contributed by atoms with Crippen molar-refractivity contribution in [1.29, 1.82) is 0 Å². The third-order valence-electron chi connectivity index (χ3n) is 10.0. The van der Waals surface area contributed by atoms with Crippen LogP contribution in [0, 0.1) is 5.41 Å². The number of ether oxygens (including phenoxy) is 1. The maximum absolute atomic E-state index is 13.8. The summed E-state index contributed by atoms with van der Waals surface area (Å²) in [5, 5.41) is 1.91. The Morgan fingerprint density at radius 2 is 1.32 bits per heavy atom. The highest BCUT2D eigenvalue weighted by Crippen LogP contribution is 2.49. The molecule has 0 radical (unpaired) electrons. The first-order valence-corrected chi connectivity index (χ1v) is 15.8. The van der Waals surface area contributed by atoms with Gasteiger partial charge in [-0.05, 0) is 99.2 Å². The van der Waals surface area contributed by atoms with Crippen molar-refractivity contribution in [2.45, 2.75) is 72.1 Å². The molecule has 0 atom stereocenters. The number of benzene rings is 3. The molecule has 0 unspecified atom stereocenters. The molecule has 3 aliphatic heterocycles. The lowest BCUT2D eigenvalue weighted by Crippen LogP contribution is -2.44. The maximum Gasteiger partial charge on any atom is 0.198 e. The number of anilines is 1. The Morgan fingerprint density at radius 1 is 0.773 bits per heavy atom. The monoisotopic (exact) mass is 583 g/mol. The minimum atomic E-state index is -0.321. The fraction of sp³-hybridized carbons (Fsp3) is 0.350. The van der Waals surface area contributed by atoms with Crippen LogP contribution in [0.2, 0.25) is 0 Å². The SMILES string of the molecule is CC(C)(C)C1=CC(=C2C(=O)c3cc4ccccc4cc3C2=O)C=C(C=Cc2cc3c4c(c2)C(C)(C)CCN4CCC3(C)C)O1. The van der Waals surface area contributed by atoms with Gasteiger partial charge >= 0.3 is 0 Å². The molecule has 0 saturated carbocycles. The van der Waals surface area contributed by atoms with Gasteiger partial charge in [-0.25, -0.2) is 0 Å². The second-order valence-electron chi connectivity index (χ2n) is 15.2. The molecule has 0 aromatic heterocycles. The van der Waals surface area contributed by atoms with Crippen LogP contribution in [0.3, 0.4) is 0 Å². The molecular formula is C40H41NO3. The van der Waals surface area contributed by atoms with Gasteiger partial charge in [0.05, 0.1) is 5.57 Å². The Kier molecular flexibility index (Phi) is 6.27. The first-order chi connectivity index (χ1) is 20.7. The van der Waals surface area contributed by atoms with Crippen LogP contribution >= 0.6 is 0 Å². The molecule has 0 amide bonds. The number of Topliss-reactive ketones (excluding diaryl/α,β-unsaturated/α-hetero) is 2. The number of hydrogen-bond acceptors (Lipinski definition) is 4. The van der Waals surface area contributed by atoms with E-state index in [9.17, 15) is 9.59 Å². The van der Waals surface area contributed by atoms with Crippen LogP contribution in [0.4, 0.5) is 5.69 Å². The lowest BCUT2D eigenvalue weighted by molar-refractivity contribution is 0.0987. The van der Waals surface area contributed by atoms with Crippen molar-refractivity contribution >= 4 is 34.1 Å². The van der Waals surface area contributed by atoms with E-state index in [0.717, 1.165) is 48.0 Å². The van der Waals surface area contributed by atoms with E-state index in [4.69, 9.17) is 4.74 Å². The number of carbonyl (C=O) groups is 2. The highest BCUT2D eigenvalue weighted by molar-refractivity contribution is 6.41. The van der Waals surface area contributed by atoms with Crippen LogP contribution in [0.5, 0.6) is 0 Å². The second kappa shape index (κ2) is 9.66. The van der Waals surface area contributed by atoms with Gasteiger partial charge in [0.1, 0.15) is 11.5 Å².